The van der Waals surface area contributed by atoms with Crippen LogP contribution in [0.5, 0.6) is 0 Å². The molecule has 0 spiro atoms. The van der Waals surface area contributed by atoms with Crippen molar-refractivity contribution >= 4 is 0 Å². The Morgan fingerprint density at radius 3 is 1.59 bits per heavy atom. The second kappa shape index (κ2) is 16.9. The first-order valence-corrected chi connectivity index (χ1v) is 12.9. The van der Waals surface area contributed by atoms with Gasteiger partial charge in [-0.15, -0.1) is 0 Å². The first kappa shape index (κ1) is 27.0. The average Bonchev–Trinajstić information content (AvgIpc) is 2.63. The molecule has 0 saturated heterocycles. The van der Waals surface area contributed by atoms with Gasteiger partial charge in [0.15, 0.2) is 0 Å². The topological polar surface area (TPSA) is 0 Å². The number of hydrogen-bond acceptors (Lipinski definition) is 0. The average molecular weight is 381 g/mol. The maximum atomic E-state index is 2.56. The molecular weight excluding hydrogens is 324 g/mol. The van der Waals surface area contributed by atoms with Gasteiger partial charge < -0.3 is 0 Å². The van der Waals surface area contributed by atoms with Crippen LogP contribution in [0.4, 0.5) is 0 Å². The molecule has 0 N–H and O–H groups in total. The van der Waals surface area contributed by atoms with Gasteiger partial charge in [0.2, 0.25) is 0 Å². The fraction of sp³-hybridized carbons (Fsp3) is 1.00. The van der Waals surface area contributed by atoms with Crippen molar-refractivity contribution in [3.63, 3.8) is 0 Å². The molecule has 0 aromatic heterocycles. The van der Waals surface area contributed by atoms with Crippen LogP contribution in [-0.2, 0) is 0 Å². The summed E-state index contributed by atoms with van der Waals surface area (Å²) < 4.78 is 0. The Morgan fingerprint density at radius 1 is 0.593 bits per heavy atom. The fourth-order valence-electron chi connectivity index (χ4n) is 5.37. The molecular formula is C27H56. The van der Waals surface area contributed by atoms with Crippen molar-refractivity contribution < 1.29 is 0 Å². The normalized spacial score (nSPS) is 16.4. The van der Waals surface area contributed by atoms with Gasteiger partial charge in [0, 0.05) is 0 Å². The van der Waals surface area contributed by atoms with E-state index in [4.69, 9.17) is 0 Å². The van der Waals surface area contributed by atoms with E-state index in [0.717, 1.165) is 17.8 Å². The summed E-state index contributed by atoms with van der Waals surface area (Å²) in [5, 5.41) is 0. The third kappa shape index (κ3) is 13.0. The first-order chi connectivity index (χ1) is 12.9. The van der Waals surface area contributed by atoms with Crippen LogP contribution >= 0.6 is 0 Å². The van der Waals surface area contributed by atoms with E-state index in [-0.39, 0.29) is 0 Å². The Bertz CT molecular complexity index is 305. The van der Waals surface area contributed by atoms with Crippen molar-refractivity contribution in [1.82, 2.24) is 0 Å². The van der Waals surface area contributed by atoms with Crippen LogP contribution < -0.4 is 0 Å². The van der Waals surface area contributed by atoms with Gasteiger partial charge in [-0.25, -0.2) is 0 Å². The standard InChI is InChI=1S/C27H56/c1-8-11-12-16-19-25(6)20-17-14-13-15-18-21-26(7)27(10-3,22-9-2)23-24(4)5/h24-26H,8-23H2,1-7H3. The molecule has 0 fully saturated rings. The van der Waals surface area contributed by atoms with E-state index < -0.39 is 0 Å². The summed E-state index contributed by atoms with van der Waals surface area (Å²) in [4.78, 5) is 0. The van der Waals surface area contributed by atoms with E-state index in [1.165, 1.54) is 103 Å². The summed E-state index contributed by atoms with van der Waals surface area (Å²) in [6.07, 6.45) is 23.0. The number of unbranched alkanes of at least 4 members (excludes halogenated alkanes) is 7. The molecule has 0 aromatic carbocycles. The third-order valence-electron chi connectivity index (χ3n) is 7.20. The maximum absolute atomic E-state index is 2.56. The predicted molar refractivity (Wildman–Crippen MR) is 126 cm³/mol. The van der Waals surface area contributed by atoms with E-state index in [0.29, 0.717) is 5.41 Å². The van der Waals surface area contributed by atoms with Gasteiger partial charge in [0.05, 0.1) is 0 Å². The van der Waals surface area contributed by atoms with Gasteiger partial charge in [-0.1, -0.05) is 138 Å². The molecule has 0 aromatic rings. The summed E-state index contributed by atoms with van der Waals surface area (Å²) in [7, 11) is 0. The molecule has 27 heavy (non-hydrogen) atoms. The molecule has 3 atom stereocenters. The minimum atomic E-state index is 0.607. The summed E-state index contributed by atoms with van der Waals surface area (Å²) in [5.74, 6) is 2.69. The van der Waals surface area contributed by atoms with Crippen LogP contribution in [0.1, 0.15) is 151 Å². The Hall–Kier alpha value is 0. The van der Waals surface area contributed by atoms with Gasteiger partial charge >= 0.3 is 0 Å². The highest BCUT2D eigenvalue weighted by Crippen LogP contribution is 2.44. The van der Waals surface area contributed by atoms with Crippen LogP contribution in [0.2, 0.25) is 0 Å². The molecule has 0 heterocycles. The Labute approximate surface area is 174 Å². The highest BCUT2D eigenvalue weighted by Gasteiger charge is 2.33. The molecule has 0 amide bonds. The molecule has 164 valence electrons. The maximum Gasteiger partial charge on any atom is -0.0272 e. The molecule has 0 aliphatic heterocycles. The van der Waals surface area contributed by atoms with E-state index >= 15 is 0 Å². The van der Waals surface area contributed by atoms with Crippen molar-refractivity contribution in [2.75, 3.05) is 0 Å². The van der Waals surface area contributed by atoms with Crippen molar-refractivity contribution in [1.29, 1.82) is 0 Å². The smallest absolute Gasteiger partial charge is 0.0272 e. The van der Waals surface area contributed by atoms with Gasteiger partial charge in [-0.05, 0) is 36.0 Å². The van der Waals surface area contributed by atoms with Gasteiger partial charge in [-0.3, -0.25) is 0 Å². The zero-order chi connectivity index (χ0) is 20.5. The zero-order valence-electron chi connectivity index (χ0n) is 20.5. The second-order valence-corrected chi connectivity index (χ2v) is 10.3. The van der Waals surface area contributed by atoms with Crippen molar-refractivity contribution in [3.8, 4) is 0 Å². The molecule has 0 bridgehead atoms. The molecule has 0 nitrogen and oxygen atoms in total. The lowest BCUT2D eigenvalue weighted by Crippen LogP contribution is -2.30. The first-order valence-electron chi connectivity index (χ1n) is 12.9. The predicted octanol–water partition coefficient (Wildman–Crippen LogP) is 10.2. The molecule has 3 unspecified atom stereocenters. The molecule has 0 aliphatic carbocycles. The largest absolute Gasteiger partial charge is 0.0654 e. The van der Waals surface area contributed by atoms with Crippen LogP contribution in [0.3, 0.4) is 0 Å². The van der Waals surface area contributed by atoms with Crippen LogP contribution in [-0.4, -0.2) is 0 Å². The van der Waals surface area contributed by atoms with Crippen molar-refractivity contribution in [2.24, 2.45) is 23.2 Å². The lowest BCUT2D eigenvalue weighted by Gasteiger charge is -2.40. The van der Waals surface area contributed by atoms with E-state index in [1.54, 1.807) is 0 Å². The minimum absolute atomic E-state index is 0.607. The zero-order valence-corrected chi connectivity index (χ0v) is 20.5. The van der Waals surface area contributed by atoms with Gasteiger partial charge in [-0.2, -0.15) is 0 Å². The summed E-state index contributed by atoms with van der Waals surface area (Å²) >= 11 is 0. The van der Waals surface area contributed by atoms with Crippen LogP contribution in [0.25, 0.3) is 0 Å². The van der Waals surface area contributed by atoms with Gasteiger partial charge in [0.25, 0.3) is 0 Å². The summed E-state index contributed by atoms with van der Waals surface area (Å²) in [5.41, 5.74) is 0.607. The Morgan fingerprint density at radius 2 is 1.11 bits per heavy atom. The Kier molecular flexibility index (Phi) is 16.9. The molecule has 0 aliphatic rings. The van der Waals surface area contributed by atoms with Crippen LogP contribution in [0, 0.1) is 23.2 Å². The molecule has 0 heteroatoms. The third-order valence-corrected chi connectivity index (χ3v) is 7.20. The lowest BCUT2D eigenvalue weighted by atomic mass is 9.65. The highest BCUT2D eigenvalue weighted by molar-refractivity contribution is 4.84. The molecule has 0 rings (SSSR count). The minimum Gasteiger partial charge on any atom is -0.0654 e. The van der Waals surface area contributed by atoms with E-state index in [9.17, 15) is 0 Å². The van der Waals surface area contributed by atoms with Crippen LogP contribution in [0.15, 0.2) is 0 Å². The van der Waals surface area contributed by atoms with Crippen molar-refractivity contribution in [2.45, 2.75) is 151 Å². The fourth-order valence-corrected chi connectivity index (χ4v) is 5.37. The second-order valence-electron chi connectivity index (χ2n) is 10.3. The SMILES string of the molecule is CCCCCCC(C)CCCCCCCC(C)C(CC)(CCC)CC(C)C. The summed E-state index contributed by atoms with van der Waals surface area (Å²) in [6, 6.07) is 0. The van der Waals surface area contributed by atoms with Crippen molar-refractivity contribution in [3.05, 3.63) is 0 Å². The molecule has 0 saturated carbocycles. The monoisotopic (exact) mass is 380 g/mol. The molecule has 0 radical (unpaired) electrons. The quantitative estimate of drug-likeness (QED) is 0.195. The highest BCUT2D eigenvalue weighted by atomic mass is 14.4. The number of hydrogen-bond donors (Lipinski definition) is 0. The lowest BCUT2D eigenvalue weighted by molar-refractivity contribution is 0.103. The Balaban J connectivity index is 3.89. The van der Waals surface area contributed by atoms with E-state index in [1.807, 2.05) is 0 Å². The number of rotatable bonds is 19. The summed E-state index contributed by atoms with van der Waals surface area (Å²) in [6.45, 7) is 17.0. The van der Waals surface area contributed by atoms with Gasteiger partial charge in [0.1, 0.15) is 0 Å². The van der Waals surface area contributed by atoms with E-state index in [2.05, 4.69) is 48.5 Å².